The SMILES string of the molecule is O=C(Nc1ccc(C2NNC(=O)C3CCCCC32)cc1)c1cn2ccccc2n1. The Morgan fingerprint density at radius 1 is 1.10 bits per heavy atom. The Hall–Kier alpha value is -3.19. The Labute approximate surface area is 168 Å². The molecule has 1 aliphatic heterocycles. The molecule has 2 aliphatic rings. The van der Waals surface area contributed by atoms with Gasteiger partial charge in [-0.25, -0.2) is 10.4 Å². The maximum atomic E-state index is 12.5. The van der Waals surface area contributed by atoms with E-state index in [-0.39, 0.29) is 23.8 Å². The number of nitrogens with one attached hydrogen (secondary N) is 3. The quantitative estimate of drug-likeness (QED) is 0.642. The summed E-state index contributed by atoms with van der Waals surface area (Å²) in [5, 5.41) is 2.91. The number of anilines is 1. The third kappa shape index (κ3) is 3.38. The van der Waals surface area contributed by atoms with Gasteiger partial charge in [0.15, 0.2) is 0 Å². The van der Waals surface area contributed by atoms with Crippen molar-refractivity contribution in [1.29, 1.82) is 0 Å². The first-order chi connectivity index (χ1) is 14.2. The molecule has 3 heterocycles. The fraction of sp³-hybridized carbons (Fsp3) is 0.318. The molecule has 3 atom stereocenters. The van der Waals surface area contributed by atoms with Crippen LogP contribution in [0.5, 0.6) is 0 Å². The van der Waals surface area contributed by atoms with Crippen LogP contribution in [0.1, 0.15) is 47.8 Å². The maximum Gasteiger partial charge on any atom is 0.275 e. The van der Waals surface area contributed by atoms with Gasteiger partial charge in [0.2, 0.25) is 5.91 Å². The smallest absolute Gasteiger partial charge is 0.275 e. The van der Waals surface area contributed by atoms with E-state index in [2.05, 4.69) is 21.2 Å². The van der Waals surface area contributed by atoms with Gasteiger partial charge in [0, 0.05) is 24.0 Å². The lowest BCUT2D eigenvalue weighted by molar-refractivity contribution is -0.133. The van der Waals surface area contributed by atoms with E-state index in [0.717, 1.165) is 36.2 Å². The van der Waals surface area contributed by atoms with E-state index in [1.54, 1.807) is 6.20 Å². The molecule has 1 saturated heterocycles. The Kier molecular flexibility index (Phi) is 4.52. The number of hydrazine groups is 1. The van der Waals surface area contributed by atoms with Crippen molar-refractivity contribution < 1.29 is 9.59 Å². The molecule has 0 radical (unpaired) electrons. The minimum atomic E-state index is -0.239. The zero-order valence-corrected chi connectivity index (χ0v) is 16.0. The number of nitrogens with zero attached hydrogens (tertiary/aromatic N) is 2. The summed E-state index contributed by atoms with van der Waals surface area (Å²) in [6, 6.07) is 13.6. The van der Waals surface area contributed by atoms with E-state index in [1.165, 1.54) is 6.42 Å². The van der Waals surface area contributed by atoms with Gasteiger partial charge in [-0.2, -0.15) is 0 Å². The van der Waals surface area contributed by atoms with E-state index in [4.69, 9.17) is 0 Å². The van der Waals surface area contributed by atoms with Crippen molar-refractivity contribution in [2.45, 2.75) is 31.7 Å². The van der Waals surface area contributed by atoms with Crippen molar-refractivity contribution in [3.8, 4) is 0 Å². The van der Waals surface area contributed by atoms with Gasteiger partial charge in [-0.05, 0) is 48.6 Å². The van der Waals surface area contributed by atoms with Crippen LogP contribution in [0.25, 0.3) is 5.65 Å². The highest BCUT2D eigenvalue weighted by Crippen LogP contribution is 2.40. The number of hydrogen-bond donors (Lipinski definition) is 3. The summed E-state index contributed by atoms with van der Waals surface area (Å²) in [7, 11) is 0. The van der Waals surface area contributed by atoms with Gasteiger partial charge in [-0.3, -0.25) is 15.0 Å². The molecule has 29 heavy (non-hydrogen) atoms. The van der Waals surface area contributed by atoms with Crippen LogP contribution in [0.2, 0.25) is 0 Å². The number of rotatable bonds is 3. The summed E-state index contributed by atoms with van der Waals surface area (Å²) in [6.45, 7) is 0. The lowest BCUT2D eigenvalue weighted by Crippen LogP contribution is -2.55. The maximum absolute atomic E-state index is 12.5. The highest BCUT2D eigenvalue weighted by molar-refractivity contribution is 6.03. The first-order valence-corrected chi connectivity index (χ1v) is 10.1. The van der Waals surface area contributed by atoms with Crippen LogP contribution >= 0.6 is 0 Å². The second-order valence-corrected chi connectivity index (χ2v) is 7.83. The minimum Gasteiger partial charge on any atom is -0.321 e. The predicted molar refractivity (Wildman–Crippen MR) is 109 cm³/mol. The van der Waals surface area contributed by atoms with Gasteiger partial charge >= 0.3 is 0 Å². The second-order valence-electron chi connectivity index (χ2n) is 7.83. The van der Waals surface area contributed by atoms with E-state index in [9.17, 15) is 9.59 Å². The summed E-state index contributed by atoms with van der Waals surface area (Å²) < 4.78 is 1.82. The fourth-order valence-corrected chi connectivity index (χ4v) is 4.58. The molecule has 1 aliphatic carbocycles. The molecule has 3 aromatic rings. The number of carbonyl (C=O) groups is 2. The third-order valence-electron chi connectivity index (χ3n) is 6.06. The number of hydrogen-bond acceptors (Lipinski definition) is 4. The van der Waals surface area contributed by atoms with Crippen molar-refractivity contribution in [3.63, 3.8) is 0 Å². The molecular formula is C22H23N5O2. The van der Waals surface area contributed by atoms with Crippen molar-refractivity contribution >= 4 is 23.1 Å². The Morgan fingerprint density at radius 2 is 1.93 bits per heavy atom. The molecule has 3 N–H and O–H groups in total. The van der Waals surface area contributed by atoms with Gasteiger partial charge < -0.3 is 9.72 Å². The minimum absolute atomic E-state index is 0.0874. The van der Waals surface area contributed by atoms with Gasteiger partial charge in [-0.15, -0.1) is 0 Å². The van der Waals surface area contributed by atoms with E-state index >= 15 is 0 Å². The topological polar surface area (TPSA) is 87.5 Å². The zero-order chi connectivity index (χ0) is 19.8. The molecule has 1 saturated carbocycles. The average molecular weight is 389 g/mol. The number of benzene rings is 1. The van der Waals surface area contributed by atoms with Crippen LogP contribution in [0.4, 0.5) is 5.69 Å². The standard InChI is InChI=1S/C22H23N5O2/c28-21-17-6-2-1-5-16(17)20(25-26-21)14-8-10-15(11-9-14)23-22(29)18-13-27-12-4-3-7-19(27)24-18/h3-4,7-13,16-17,20,25H,1-2,5-6H2,(H,23,29)(H,26,28). The van der Waals surface area contributed by atoms with Crippen LogP contribution < -0.4 is 16.2 Å². The molecule has 7 heteroatoms. The van der Waals surface area contributed by atoms with Crippen LogP contribution in [-0.2, 0) is 4.79 Å². The van der Waals surface area contributed by atoms with E-state index in [0.29, 0.717) is 11.6 Å². The number of carbonyl (C=O) groups excluding carboxylic acids is 2. The predicted octanol–water partition coefficient (Wildman–Crippen LogP) is 3.07. The van der Waals surface area contributed by atoms with Crippen molar-refractivity contribution in [2.75, 3.05) is 5.32 Å². The highest BCUT2D eigenvalue weighted by atomic mass is 16.2. The molecule has 3 unspecified atom stereocenters. The van der Waals surface area contributed by atoms with Crippen LogP contribution in [-0.4, -0.2) is 21.2 Å². The van der Waals surface area contributed by atoms with E-state index in [1.807, 2.05) is 53.1 Å². The summed E-state index contributed by atoms with van der Waals surface area (Å²) >= 11 is 0. The Bertz CT molecular complexity index is 1030. The van der Waals surface area contributed by atoms with Gasteiger partial charge in [-0.1, -0.05) is 31.0 Å². The van der Waals surface area contributed by atoms with Crippen molar-refractivity contribution in [1.82, 2.24) is 20.2 Å². The van der Waals surface area contributed by atoms with Crippen LogP contribution in [0.3, 0.4) is 0 Å². The molecule has 7 nitrogen and oxygen atoms in total. The lowest BCUT2D eigenvalue weighted by Gasteiger charge is -2.41. The highest BCUT2D eigenvalue weighted by Gasteiger charge is 2.40. The zero-order valence-electron chi connectivity index (χ0n) is 16.0. The largest absolute Gasteiger partial charge is 0.321 e. The summed E-state index contributed by atoms with van der Waals surface area (Å²) in [5.74, 6) is 0.277. The van der Waals surface area contributed by atoms with Crippen molar-refractivity contribution in [3.05, 3.63) is 66.1 Å². The Balaban J connectivity index is 1.31. The number of fused-ring (bicyclic) bond motifs is 2. The molecule has 2 aromatic heterocycles. The number of amides is 2. The summed E-state index contributed by atoms with van der Waals surface area (Å²) in [6.07, 6.45) is 7.89. The lowest BCUT2D eigenvalue weighted by atomic mass is 9.72. The van der Waals surface area contributed by atoms with Crippen LogP contribution in [0, 0.1) is 11.8 Å². The number of imidazole rings is 1. The molecule has 2 amide bonds. The third-order valence-corrected chi connectivity index (χ3v) is 6.06. The molecule has 0 spiro atoms. The second kappa shape index (κ2) is 7.33. The summed E-state index contributed by atoms with van der Waals surface area (Å²) in [5.41, 5.74) is 8.98. The van der Waals surface area contributed by atoms with Gasteiger partial charge in [0.25, 0.3) is 5.91 Å². The monoisotopic (exact) mass is 389 g/mol. The molecular weight excluding hydrogens is 366 g/mol. The first kappa shape index (κ1) is 17.9. The molecule has 148 valence electrons. The summed E-state index contributed by atoms with van der Waals surface area (Å²) in [4.78, 5) is 29.1. The molecule has 1 aromatic carbocycles. The fourth-order valence-electron chi connectivity index (χ4n) is 4.58. The van der Waals surface area contributed by atoms with Gasteiger partial charge in [0.05, 0.1) is 6.04 Å². The average Bonchev–Trinajstić information content (AvgIpc) is 3.20. The molecule has 5 rings (SSSR count). The van der Waals surface area contributed by atoms with Gasteiger partial charge in [0.1, 0.15) is 11.3 Å². The van der Waals surface area contributed by atoms with E-state index < -0.39 is 0 Å². The normalized spacial score (nSPS) is 24.0. The molecule has 2 fully saturated rings. The molecule has 0 bridgehead atoms. The van der Waals surface area contributed by atoms with Crippen molar-refractivity contribution in [2.24, 2.45) is 11.8 Å². The first-order valence-electron chi connectivity index (χ1n) is 10.1. The van der Waals surface area contributed by atoms with Crippen LogP contribution in [0.15, 0.2) is 54.9 Å². The number of aromatic nitrogens is 2. The Morgan fingerprint density at radius 3 is 2.76 bits per heavy atom. The number of pyridine rings is 1.